The summed E-state index contributed by atoms with van der Waals surface area (Å²) in [5.74, 6) is 0. The minimum Gasteiger partial charge on any atom is -0.399 e. The molecule has 3 aromatic rings. The number of aromatic nitrogens is 1. The number of hydrogen-bond donors (Lipinski definition) is 2. The molecule has 1 aromatic heterocycles. The monoisotopic (exact) mass is 412 g/mol. The third-order valence-corrected chi connectivity index (χ3v) is 7.17. The summed E-state index contributed by atoms with van der Waals surface area (Å²) < 4.78 is 28.5. The highest BCUT2D eigenvalue weighted by molar-refractivity contribution is 7.89. The number of amides is 1. The zero-order chi connectivity index (χ0) is 20.4. The van der Waals surface area contributed by atoms with Gasteiger partial charge in [0.15, 0.2) is 0 Å². The van der Waals surface area contributed by atoms with Crippen LogP contribution in [0.5, 0.6) is 0 Å². The molecule has 2 heterocycles. The summed E-state index contributed by atoms with van der Waals surface area (Å²) in [4.78, 5) is 12.8. The van der Waals surface area contributed by atoms with E-state index in [1.807, 2.05) is 18.2 Å². The van der Waals surface area contributed by atoms with E-state index >= 15 is 0 Å². The van der Waals surface area contributed by atoms with Crippen molar-refractivity contribution in [2.75, 3.05) is 18.8 Å². The molecule has 152 valence electrons. The zero-order valence-electron chi connectivity index (χ0n) is 16.0. The number of benzene rings is 2. The van der Waals surface area contributed by atoms with Crippen LogP contribution in [0.3, 0.4) is 0 Å². The van der Waals surface area contributed by atoms with Crippen molar-refractivity contribution in [1.29, 1.82) is 0 Å². The molecular weight excluding hydrogens is 388 g/mol. The number of nitrogens with zero attached hydrogens (tertiary/aromatic N) is 2. The van der Waals surface area contributed by atoms with E-state index in [1.165, 1.54) is 4.57 Å². The number of nitrogen functional groups attached to an aromatic ring is 1. The van der Waals surface area contributed by atoms with Crippen LogP contribution in [-0.4, -0.2) is 36.4 Å². The Morgan fingerprint density at radius 3 is 2.45 bits per heavy atom. The van der Waals surface area contributed by atoms with E-state index in [9.17, 15) is 13.2 Å². The van der Waals surface area contributed by atoms with Gasteiger partial charge in [-0.3, -0.25) is 4.57 Å². The second-order valence-corrected chi connectivity index (χ2v) is 9.21. The van der Waals surface area contributed by atoms with Crippen LogP contribution in [-0.2, 0) is 16.6 Å². The van der Waals surface area contributed by atoms with E-state index in [4.69, 9.17) is 5.73 Å². The first-order chi connectivity index (χ1) is 13.9. The number of rotatable bonds is 4. The Hall–Kier alpha value is -2.84. The minimum absolute atomic E-state index is 0.255. The van der Waals surface area contributed by atoms with Crippen LogP contribution in [0.4, 0.5) is 10.5 Å². The van der Waals surface area contributed by atoms with Crippen molar-refractivity contribution in [2.45, 2.75) is 30.7 Å². The van der Waals surface area contributed by atoms with E-state index in [1.54, 1.807) is 40.8 Å². The molecule has 2 aromatic carbocycles. The van der Waals surface area contributed by atoms with Crippen molar-refractivity contribution in [2.24, 2.45) is 0 Å². The Bertz CT molecular complexity index is 1130. The summed E-state index contributed by atoms with van der Waals surface area (Å²) in [7, 11) is -3.44. The Morgan fingerprint density at radius 1 is 1.00 bits per heavy atom. The van der Waals surface area contributed by atoms with Crippen molar-refractivity contribution >= 4 is 32.6 Å². The molecule has 8 heteroatoms. The van der Waals surface area contributed by atoms with Crippen LogP contribution in [0.15, 0.2) is 59.6 Å². The molecule has 0 spiro atoms. The maximum absolute atomic E-state index is 12.7. The average Bonchev–Trinajstić information content (AvgIpc) is 3.16. The van der Waals surface area contributed by atoms with E-state index in [2.05, 4.69) is 5.32 Å². The number of nitrogens with one attached hydrogen (secondary N) is 1. The number of fused-ring (bicyclic) bond motifs is 1. The highest BCUT2D eigenvalue weighted by atomic mass is 32.2. The maximum atomic E-state index is 12.7. The van der Waals surface area contributed by atoms with Gasteiger partial charge in [0.1, 0.15) is 0 Å². The molecule has 0 saturated carbocycles. The van der Waals surface area contributed by atoms with Crippen molar-refractivity contribution in [3.8, 4) is 0 Å². The normalized spacial score (nSPS) is 15.4. The van der Waals surface area contributed by atoms with Gasteiger partial charge in [-0.05, 0) is 54.8 Å². The zero-order valence-corrected chi connectivity index (χ0v) is 16.9. The number of nitrogens with two attached hydrogens (primary N) is 1. The average molecular weight is 413 g/mol. The predicted molar refractivity (Wildman–Crippen MR) is 113 cm³/mol. The molecule has 0 atom stereocenters. The fraction of sp³-hybridized carbons (Fsp3) is 0.286. The topological polar surface area (TPSA) is 97.4 Å². The Morgan fingerprint density at radius 2 is 1.72 bits per heavy atom. The molecular formula is C21H24N4O3S. The fourth-order valence-corrected chi connectivity index (χ4v) is 5.15. The standard InChI is InChI=1S/C21H24N4O3S/c22-18-6-9-20-17(14-18)10-13-25(20)21(26)23-15-16-4-7-19(8-5-16)29(27,28)24-11-2-1-3-12-24/h4-10,13-14H,1-3,11-12,15,22H2,(H,23,26). The summed E-state index contributed by atoms with van der Waals surface area (Å²) in [6, 6.07) is 13.7. The molecule has 0 radical (unpaired) electrons. The molecule has 4 rings (SSSR count). The fourth-order valence-electron chi connectivity index (χ4n) is 3.63. The molecule has 1 amide bonds. The second kappa shape index (κ2) is 7.88. The summed E-state index contributed by atoms with van der Waals surface area (Å²) in [6.07, 6.45) is 4.59. The lowest BCUT2D eigenvalue weighted by atomic mass is 10.2. The van der Waals surface area contributed by atoms with Gasteiger partial charge in [-0.25, -0.2) is 13.2 Å². The van der Waals surface area contributed by atoms with E-state index < -0.39 is 10.0 Å². The molecule has 7 nitrogen and oxygen atoms in total. The quantitative estimate of drug-likeness (QED) is 0.643. The molecule has 1 aliphatic rings. The van der Waals surface area contributed by atoms with Crippen molar-refractivity contribution in [3.05, 3.63) is 60.3 Å². The number of anilines is 1. The largest absolute Gasteiger partial charge is 0.399 e. The van der Waals surface area contributed by atoms with Crippen LogP contribution in [0.25, 0.3) is 10.9 Å². The summed E-state index contributed by atoms with van der Waals surface area (Å²) >= 11 is 0. The van der Waals surface area contributed by atoms with Crippen LogP contribution < -0.4 is 11.1 Å². The van der Waals surface area contributed by atoms with Gasteiger partial charge in [0.2, 0.25) is 10.0 Å². The first-order valence-corrected chi connectivity index (χ1v) is 11.1. The van der Waals surface area contributed by atoms with Crippen LogP contribution >= 0.6 is 0 Å². The third-order valence-electron chi connectivity index (χ3n) is 5.25. The smallest absolute Gasteiger partial charge is 0.326 e. The highest BCUT2D eigenvalue weighted by Gasteiger charge is 2.25. The molecule has 1 aliphatic heterocycles. The van der Waals surface area contributed by atoms with Gasteiger partial charge >= 0.3 is 6.03 Å². The number of hydrogen-bond acceptors (Lipinski definition) is 4. The van der Waals surface area contributed by atoms with E-state index in [-0.39, 0.29) is 6.03 Å². The van der Waals surface area contributed by atoms with E-state index in [0.29, 0.717) is 30.2 Å². The van der Waals surface area contributed by atoms with E-state index in [0.717, 1.165) is 35.7 Å². The van der Waals surface area contributed by atoms with Gasteiger partial charge in [-0.15, -0.1) is 0 Å². The van der Waals surface area contributed by atoms with Crippen molar-refractivity contribution < 1.29 is 13.2 Å². The maximum Gasteiger partial charge on any atom is 0.326 e. The molecule has 0 unspecified atom stereocenters. The second-order valence-electron chi connectivity index (χ2n) is 7.27. The van der Waals surface area contributed by atoms with Gasteiger partial charge in [0, 0.05) is 36.9 Å². The van der Waals surface area contributed by atoms with Crippen LogP contribution in [0.2, 0.25) is 0 Å². The molecule has 1 saturated heterocycles. The summed E-state index contributed by atoms with van der Waals surface area (Å²) in [5.41, 5.74) is 8.03. The lowest BCUT2D eigenvalue weighted by Gasteiger charge is -2.25. The first-order valence-electron chi connectivity index (χ1n) is 9.69. The van der Waals surface area contributed by atoms with Gasteiger partial charge in [0.25, 0.3) is 0 Å². The molecule has 0 bridgehead atoms. The Kier molecular flexibility index (Phi) is 5.29. The van der Waals surface area contributed by atoms with Crippen molar-refractivity contribution in [3.63, 3.8) is 0 Å². The van der Waals surface area contributed by atoms with Gasteiger partial charge < -0.3 is 11.1 Å². The number of carbonyl (C=O) groups is 1. The van der Waals surface area contributed by atoms with Crippen LogP contribution in [0.1, 0.15) is 24.8 Å². The number of sulfonamides is 1. The predicted octanol–water partition coefficient (Wildman–Crippen LogP) is 3.16. The first kappa shape index (κ1) is 19.5. The molecule has 1 fully saturated rings. The lowest BCUT2D eigenvalue weighted by Crippen LogP contribution is -2.35. The SMILES string of the molecule is Nc1ccc2c(ccn2C(=O)NCc2ccc(S(=O)(=O)N3CCCCC3)cc2)c1. The Balaban J connectivity index is 1.43. The van der Waals surface area contributed by atoms with Gasteiger partial charge in [-0.1, -0.05) is 18.6 Å². The van der Waals surface area contributed by atoms with Gasteiger partial charge in [-0.2, -0.15) is 4.31 Å². The molecule has 3 N–H and O–H groups in total. The number of carbonyl (C=O) groups excluding carboxylic acids is 1. The lowest BCUT2D eigenvalue weighted by molar-refractivity contribution is 0.243. The minimum atomic E-state index is -3.44. The summed E-state index contributed by atoms with van der Waals surface area (Å²) in [5, 5.41) is 3.76. The number of piperidine rings is 1. The third kappa shape index (κ3) is 3.99. The molecule has 29 heavy (non-hydrogen) atoms. The van der Waals surface area contributed by atoms with Gasteiger partial charge in [0.05, 0.1) is 10.4 Å². The van der Waals surface area contributed by atoms with Crippen LogP contribution in [0, 0.1) is 0 Å². The van der Waals surface area contributed by atoms with Crippen molar-refractivity contribution in [1.82, 2.24) is 14.2 Å². The Labute approximate surface area is 170 Å². The highest BCUT2D eigenvalue weighted by Crippen LogP contribution is 2.21. The molecule has 0 aliphatic carbocycles. The summed E-state index contributed by atoms with van der Waals surface area (Å²) in [6.45, 7) is 1.46.